The van der Waals surface area contributed by atoms with Crippen molar-refractivity contribution in [2.45, 2.75) is 0 Å². The molecule has 0 aliphatic carbocycles. The smallest absolute Gasteiger partial charge is 0.231 e. The Morgan fingerprint density at radius 3 is 2.38 bits per heavy atom. The summed E-state index contributed by atoms with van der Waals surface area (Å²) in [6, 6.07) is 19.0. The van der Waals surface area contributed by atoms with Crippen LogP contribution in [0.4, 0.5) is 4.39 Å². The fourth-order valence-corrected chi connectivity index (χ4v) is 2.94. The van der Waals surface area contributed by atoms with Gasteiger partial charge in [0.2, 0.25) is 5.78 Å². The molecule has 1 heterocycles. The zero-order valence-corrected chi connectivity index (χ0v) is 14.0. The average molecular weight is 346 g/mol. The van der Waals surface area contributed by atoms with E-state index in [2.05, 4.69) is 0 Å². The highest BCUT2D eigenvalue weighted by Gasteiger charge is 2.29. The van der Waals surface area contributed by atoms with Crippen LogP contribution < -0.4 is 9.47 Å². The molecule has 4 rings (SSSR count). The number of benzene rings is 3. The van der Waals surface area contributed by atoms with Crippen molar-refractivity contribution in [3.63, 3.8) is 0 Å². The highest BCUT2D eigenvalue weighted by atomic mass is 19.1. The molecule has 0 bridgehead atoms. The summed E-state index contributed by atoms with van der Waals surface area (Å²) in [7, 11) is 1.55. The number of halogens is 1. The number of hydrogen-bond donors (Lipinski definition) is 0. The molecule has 0 aromatic heterocycles. The summed E-state index contributed by atoms with van der Waals surface area (Å²) < 4.78 is 24.4. The summed E-state index contributed by atoms with van der Waals surface area (Å²) in [6.45, 7) is 0. The van der Waals surface area contributed by atoms with Crippen LogP contribution in [-0.4, -0.2) is 12.9 Å². The number of rotatable bonds is 3. The zero-order valence-electron chi connectivity index (χ0n) is 14.0. The van der Waals surface area contributed by atoms with Crippen LogP contribution in [0.15, 0.2) is 72.5 Å². The summed E-state index contributed by atoms with van der Waals surface area (Å²) >= 11 is 0. The van der Waals surface area contributed by atoms with Crippen molar-refractivity contribution in [1.29, 1.82) is 0 Å². The quantitative estimate of drug-likeness (QED) is 0.618. The van der Waals surface area contributed by atoms with Gasteiger partial charge in [-0.3, -0.25) is 4.79 Å². The van der Waals surface area contributed by atoms with Crippen molar-refractivity contribution >= 4 is 11.9 Å². The van der Waals surface area contributed by atoms with Gasteiger partial charge in [-0.2, -0.15) is 0 Å². The van der Waals surface area contributed by atoms with E-state index < -0.39 is 0 Å². The molecule has 0 fully saturated rings. The van der Waals surface area contributed by atoms with Gasteiger partial charge >= 0.3 is 0 Å². The van der Waals surface area contributed by atoms with Gasteiger partial charge in [0, 0.05) is 11.6 Å². The first-order valence-corrected chi connectivity index (χ1v) is 8.13. The fourth-order valence-electron chi connectivity index (χ4n) is 2.94. The second-order valence-corrected chi connectivity index (χ2v) is 5.91. The van der Waals surface area contributed by atoms with Crippen LogP contribution in [0.5, 0.6) is 11.5 Å². The number of ether oxygens (including phenoxy) is 2. The minimum absolute atomic E-state index is 0.185. The number of hydrogen-bond acceptors (Lipinski definition) is 3. The minimum atomic E-state index is -0.318. The van der Waals surface area contributed by atoms with Crippen LogP contribution in [0, 0.1) is 5.82 Å². The van der Waals surface area contributed by atoms with E-state index in [1.807, 2.05) is 30.3 Å². The third-order valence-corrected chi connectivity index (χ3v) is 4.24. The van der Waals surface area contributed by atoms with Gasteiger partial charge in [0.25, 0.3) is 0 Å². The van der Waals surface area contributed by atoms with Crippen LogP contribution in [0.1, 0.15) is 15.9 Å². The molecular weight excluding hydrogens is 331 g/mol. The van der Waals surface area contributed by atoms with Crippen molar-refractivity contribution in [2.75, 3.05) is 7.11 Å². The molecule has 26 heavy (non-hydrogen) atoms. The van der Waals surface area contributed by atoms with Crippen molar-refractivity contribution in [3.8, 4) is 22.6 Å². The third-order valence-electron chi connectivity index (χ3n) is 4.24. The number of allylic oxidation sites excluding steroid dienone is 1. The lowest BCUT2D eigenvalue weighted by molar-refractivity contribution is 0.101. The fraction of sp³-hybridized carbons (Fsp3) is 0.0455. The number of fused-ring (bicyclic) bond motifs is 1. The molecule has 0 atom stereocenters. The predicted octanol–water partition coefficient (Wildman–Crippen LogP) is 5.12. The van der Waals surface area contributed by atoms with Crippen molar-refractivity contribution in [2.24, 2.45) is 0 Å². The highest BCUT2D eigenvalue weighted by Crippen LogP contribution is 2.41. The lowest BCUT2D eigenvalue weighted by Crippen LogP contribution is -1.98. The monoisotopic (exact) mass is 346 g/mol. The van der Waals surface area contributed by atoms with Crippen LogP contribution in [0.25, 0.3) is 17.2 Å². The van der Waals surface area contributed by atoms with Gasteiger partial charge in [0.1, 0.15) is 17.3 Å². The van der Waals surface area contributed by atoms with E-state index in [1.165, 1.54) is 12.1 Å². The molecule has 3 aromatic carbocycles. The summed E-state index contributed by atoms with van der Waals surface area (Å²) in [5, 5.41) is 0. The molecule has 0 spiro atoms. The maximum Gasteiger partial charge on any atom is 0.231 e. The first-order chi connectivity index (χ1) is 12.7. The van der Waals surface area contributed by atoms with Gasteiger partial charge in [-0.25, -0.2) is 4.39 Å². The first kappa shape index (κ1) is 16.1. The third kappa shape index (κ3) is 2.86. The maximum atomic E-state index is 13.2. The van der Waals surface area contributed by atoms with Crippen LogP contribution in [-0.2, 0) is 0 Å². The Labute approximate surface area is 150 Å². The Balaban J connectivity index is 1.77. The zero-order chi connectivity index (χ0) is 18.1. The molecule has 0 saturated heterocycles. The molecule has 4 heteroatoms. The van der Waals surface area contributed by atoms with Crippen molar-refractivity contribution < 1.29 is 18.7 Å². The average Bonchev–Trinajstić information content (AvgIpc) is 2.97. The molecule has 128 valence electrons. The molecule has 1 aliphatic rings. The second-order valence-electron chi connectivity index (χ2n) is 5.91. The van der Waals surface area contributed by atoms with Crippen LogP contribution in [0.2, 0.25) is 0 Å². The van der Waals surface area contributed by atoms with Gasteiger partial charge in [0.15, 0.2) is 5.76 Å². The molecule has 0 N–H and O–H groups in total. The molecule has 3 aromatic rings. The van der Waals surface area contributed by atoms with E-state index in [4.69, 9.17) is 9.47 Å². The standard InChI is InChI=1S/C22H15FO3/c1-25-19-13-20-18(12-17(19)15-7-9-16(23)10-8-15)22(24)21(26-20)11-14-5-3-2-4-6-14/h2-13H,1H3. The van der Waals surface area contributed by atoms with Gasteiger partial charge in [0.05, 0.1) is 12.7 Å². The van der Waals surface area contributed by atoms with E-state index in [1.54, 1.807) is 37.5 Å². The SMILES string of the molecule is COc1cc2c(cc1-c1ccc(F)cc1)C(=O)C(=Cc1ccccc1)O2. The summed E-state index contributed by atoms with van der Waals surface area (Å²) in [6.07, 6.45) is 1.71. The molecule has 3 nitrogen and oxygen atoms in total. The van der Waals surface area contributed by atoms with E-state index in [0.717, 1.165) is 11.1 Å². The summed E-state index contributed by atoms with van der Waals surface area (Å²) in [5.41, 5.74) is 2.82. The summed E-state index contributed by atoms with van der Waals surface area (Å²) in [4.78, 5) is 12.7. The molecule has 0 unspecified atom stereocenters. The topological polar surface area (TPSA) is 35.5 Å². The Hall–Kier alpha value is -3.40. The van der Waals surface area contributed by atoms with E-state index in [0.29, 0.717) is 22.6 Å². The first-order valence-electron chi connectivity index (χ1n) is 8.13. The van der Waals surface area contributed by atoms with Gasteiger partial charge in [-0.15, -0.1) is 0 Å². The molecule has 0 amide bonds. The van der Waals surface area contributed by atoms with Gasteiger partial charge in [-0.1, -0.05) is 42.5 Å². The normalized spacial score (nSPS) is 14.2. The number of Topliss-reactive ketones (excluding diaryl/α,β-unsaturated/α-hetero) is 1. The minimum Gasteiger partial charge on any atom is -0.496 e. The molecule has 0 saturated carbocycles. The van der Waals surface area contributed by atoms with E-state index in [-0.39, 0.29) is 17.4 Å². The maximum absolute atomic E-state index is 13.2. The van der Waals surface area contributed by atoms with Crippen LogP contribution in [0.3, 0.4) is 0 Å². The molecule has 0 radical (unpaired) electrons. The molecule has 1 aliphatic heterocycles. The Morgan fingerprint density at radius 2 is 1.69 bits per heavy atom. The Bertz CT molecular complexity index is 1010. The highest BCUT2D eigenvalue weighted by molar-refractivity contribution is 6.15. The second kappa shape index (κ2) is 6.48. The predicted molar refractivity (Wildman–Crippen MR) is 97.8 cm³/mol. The van der Waals surface area contributed by atoms with Crippen LogP contribution >= 0.6 is 0 Å². The number of ketones is 1. The molecular formula is C22H15FO3. The summed E-state index contributed by atoms with van der Waals surface area (Å²) in [5.74, 6) is 0.782. The van der Waals surface area contributed by atoms with Gasteiger partial charge in [-0.05, 0) is 35.4 Å². The number of methoxy groups -OCH3 is 1. The van der Waals surface area contributed by atoms with Crippen molar-refractivity contribution in [1.82, 2.24) is 0 Å². The van der Waals surface area contributed by atoms with Crippen molar-refractivity contribution in [3.05, 3.63) is 89.4 Å². The lowest BCUT2D eigenvalue weighted by Gasteiger charge is -2.10. The Kier molecular flexibility index (Phi) is 4.01. The van der Waals surface area contributed by atoms with Gasteiger partial charge < -0.3 is 9.47 Å². The van der Waals surface area contributed by atoms with E-state index >= 15 is 0 Å². The largest absolute Gasteiger partial charge is 0.496 e. The number of carbonyl (C=O) groups is 1. The lowest BCUT2D eigenvalue weighted by atomic mass is 9.99. The number of carbonyl (C=O) groups excluding carboxylic acids is 1. The Morgan fingerprint density at radius 1 is 0.962 bits per heavy atom. The van der Waals surface area contributed by atoms with E-state index in [9.17, 15) is 9.18 Å².